The molecule has 2 aromatic rings. The van der Waals surface area contributed by atoms with Crippen molar-refractivity contribution in [3.63, 3.8) is 0 Å². The summed E-state index contributed by atoms with van der Waals surface area (Å²) in [5, 5.41) is 5.02. The van der Waals surface area contributed by atoms with Crippen molar-refractivity contribution < 1.29 is 8.95 Å². The molecule has 7 nitrogen and oxygen atoms in total. The molecular weight excluding hydrogens is 374 g/mol. The topological polar surface area (TPSA) is 95.9 Å². The van der Waals surface area contributed by atoms with Gasteiger partial charge < -0.3 is 10.5 Å². The van der Waals surface area contributed by atoms with E-state index in [2.05, 4.69) is 48.8 Å². The Kier molecular flexibility index (Phi) is 5.36. The van der Waals surface area contributed by atoms with Gasteiger partial charge in [0.05, 0.1) is 23.0 Å². The third-order valence-electron chi connectivity index (χ3n) is 4.78. The predicted molar refractivity (Wildman–Crippen MR) is 112 cm³/mol. The summed E-state index contributed by atoms with van der Waals surface area (Å²) in [5.41, 5.74) is 8.50. The summed E-state index contributed by atoms with van der Waals surface area (Å²) in [6.07, 6.45) is 8.90. The van der Waals surface area contributed by atoms with Gasteiger partial charge >= 0.3 is 0 Å². The second-order valence-corrected chi connectivity index (χ2v) is 10.0. The lowest BCUT2D eigenvalue weighted by atomic mass is 9.66. The minimum atomic E-state index is -1.31. The Balaban J connectivity index is 2.22. The Morgan fingerprint density at radius 1 is 1.25 bits per heavy atom. The van der Waals surface area contributed by atoms with Crippen LogP contribution in [0.4, 0.5) is 5.82 Å². The van der Waals surface area contributed by atoms with E-state index in [1.165, 1.54) is 4.68 Å². The van der Waals surface area contributed by atoms with Crippen LogP contribution in [0.3, 0.4) is 0 Å². The Morgan fingerprint density at radius 2 is 1.93 bits per heavy atom. The predicted octanol–water partition coefficient (Wildman–Crippen LogP) is 3.61. The maximum atomic E-state index is 12.5. The molecule has 1 atom stereocenters. The lowest BCUT2D eigenvalue weighted by molar-refractivity contribution is 0.228. The lowest BCUT2D eigenvalue weighted by Gasteiger charge is -2.39. The molecule has 0 aliphatic heterocycles. The zero-order valence-corrected chi connectivity index (χ0v) is 18.3. The van der Waals surface area contributed by atoms with Gasteiger partial charge in [-0.15, -0.1) is 0 Å². The Hall–Kier alpha value is -2.22. The summed E-state index contributed by atoms with van der Waals surface area (Å²) in [6.45, 7) is 11.3. The Morgan fingerprint density at radius 3 is 2.54 bits per heavy atom. The van der Waals surface area contributed by atoms with Crippen LogP contribution in [0.15, 0.2) is 23.5 Å². The highest BCUT2D eigenvalue weighted by molar-refractivity contribution is 7.84. The quantitative estimate of drug-likeness (QED) is 0.819. The van der Waals surface area contributed by atoms with E-state index in [-0.39, 0.29) is 10.8 Å². The molecule has 0 aromatic carbocycles. The van der Waals surface area contributed by atoms with Gasteiger partial charge in [-0.3, -0.25) is 4.21 Å². The van der Waals surface area contributed by atoms with Crippen molar-refractivity contribution in [2.45, 2.75) is 52.5 Å². The van der Waals surface area contributed by atoms with Crippen LogP contribution in [-0.4, -0.2) is 36.8 Å². The lowest BCUT2D eigenvalue weighted by Crippen LogP contribution is -2.27. The monoisotopic (exact) mass is 403 g/mol. The average molecular weight is 404 g/mol. The van der Waals surface area contributed by atoms with E-state index < -0.39 is 10.8 Å². The molecule has 0 amide bonds. The van der Waals surface area contributed by atoms with Crippen LogP contribution in [0.25, 0.3) is 11.4 Å². The number of hydrogen-bond donors (Lipinski definition) is 1. The van der Waals surface area contributed by atoms with E-state index >= 15 is 0 Å². The van der Waals surface area contributed by atoms with Gasteiger partial charge in [-0.25, -0.2) is 9.97 Å². The molecule has 2 N–H and O–H groups in total. The van der Waals surface area contributed by atoms with Crippen LogP contribution in [0, 0.1) is 10.8 Å². The standard InChI is InChI=1S/C20H29N5O2S/c1-7-27-17-16(22-8-9-23-17)25-15(21)14(18(24-25)28(6)26)13-10-19(2,3)12-20(4,5)11-13/h8-10H,7,11-12,21H2,1-6H3. The number of nitrogens with two attached hydrogens (primary N) is 1. The van der Waals surface area contributed by atoms with Crippen LogP contribution in [0.5, 0.6) is 5.88 Å². The van der Waals surface area contributed by atoms with Gasteiger partial charge in [0.15, 0.2) is 5.03 Å². The van der Waals surface area contributed by atoms with E-state index in [0.717, 1.165) is 24.0 Å². The third kappa shape index (κ3) is 3.97. The van der Waals surface area contributed by atoms with Crippen molar-refractivity contribution in [2.24, 2.45) is 10.8 Å². The SMILES string of the molecule is CCOc1nccnc1-n1nc(S(C)=O)c(C2=CC(C)(C)CC(C)(C)C2)c1N. The van der Waals surface area contributed by atoms with E-state index in [4.69, 9.17) is 10.5 Å². The van der Waals surface area contributed by atoms with Gasteiger partial charge in [0.1, 0.15) is 5.82 Å². The highest BCUT2D eigenvalue weighted by Gasteiger charge is 2.36. The van der Waals surface area contributed by atoms with Crippen LogP contribution in [-0.2, 0) is 10.8 Å². The van der Waals surface area contributed by atoms with Crippen LogP contribution < -0.4 is 10.5 Å². The summed E-state index contributed by atoms with van der Waals surface area (Å²) in [6, 6.07) is 0. The maximum absolute atomic E-state index is 12.5. The molecule has 0 spiro atoms. The molecule has 1 aliphatic rings. The molecular formula is C20H29N5O2S. The fourth-order valence-electron chi connectivity index (χ4n) is 4.32. The second-order valence-electron chi connectivity index (χ2n) is 8.73. The van der Waals surface area contributed by atoms with E-state index in [9.17, 15) is 4.21 Å². The van der Waals surface area contributed by atoms with Crippen LogP contribution >= 0.6 is 0 Å². The van der Waals surface area contributed by atoms with Gasteiger partial charge in [-0.05, 0) is 36.2 Å². The number of ether oxygens (including phenoxy) is 1. The molecule has 2 heterocycles. The number of aromatic nitrogens is 4. The molecule has 1 aliphatic carbocycles. The third-order valence-corrected chi connectivity index (χ3v) is 5.61. The van der Waals surface area contributed by atoms with Crippen molar-refractivity contribution in [1.82, 2.24) is 19.7 Å². The van der Waals surface area contributed by atoms with Crippen LogP contribution in [0.1, 0.15) is 53.0 Å². The number of hydrogen-bond acceptors (Lipinski definition) is 6. The first kappa shape index (κ1) is 20.5. The first-order valence-corrected chi connectivity index (χ1v) is 11.0. The molecule has 0 fully saturated rings. The first-order chi connectivity index (χ1) is 13.0. The number of nitrogens with zero attached hydrogens (tertiary/aromatic N) is 4. The van der Waals surface area contributed by atoms with Crippen molar-refractivity contribution in [3.05, 3.63) is 24.0 Å². The zero-order valence-electron chi connectivity index (χ0n) is 17.4. The minimum absolute atomic E-state index is 0.0150. The fraction of sp³-hybridized carbons (Fsp3) is 0.550. The van der Waals surface area contributed by atoms with Gasteiger partial charge in [-0.1, -0.05) is 33.8 Å². The maximum Gasteiger partial charge on any atom is 0.259 e. The number of nitrogen functional groups attached to an aromatic ring is 1. The van der Waals surface area contributed by atoms with Gasteiger partial charge in [-0.2, -0.15) is 9.78 Å². The van der Waals surface area contributed by atoms with Gasteiger partial charge in [0.2, 0.25) is 5.82 Å². The summed E-state index contributed by atoms with van der Waals surface area (Å²) >= 11 is 0. The molecule has 0 bridgehead atoms. The van der Waals surface area contributed by atoms with Crippen molar-refractivity contribution in [3.8, 4) is 11.7 Å². The molecule has 0 saturated carbocycles. The van der Waals surface area contributed by atoms with Crippen molar-refractivity contribution in [1.29, 1.82) is 0 Å². The fourth-order valence-corrected chi connectivity index (χ4v) is 5.04. The van der Waals surface area contributed by atoms with Crippen molar-refractivity contribution >= 4 is 22.2 Å². The minimum Gasteiger partial charge on any atom is -0.475 e. The summed E-state index contributed by atoms with van der Waals surface area (Å²) < 4.78 is 19.6. The second kappa shape index (κ2) is 7.31. The van der Waals surface area contributed by atoms with Gasteiger partial charge in [0.25, 0.3) is 5.88 Å². The molecule has 28 heavy (non-hydrogen) atoms. The molecule has 1 unspecified atom stereocenters. The molecule has 2 aromatic heterocycles. The van der Waals surface area contributed by atoms with Crippen LogP contribution in [0.2, 0.25) is 0 Å². The largest absolute Gasteiger partial charge is 0.475 e. The molecule has 8 heteroatoms. The normalized spacial score (nSPS) is 19.1. The van der Waals surface area contributed by atoms with E-state index in [1.807, 2.05) is 6.92 Å². The molecule has 152 valence electrons. The Labute approximate surface area is 168 Å². The number of anilines is 1. The van der Waals surface area contributed by atoms with Gasteiger partial charge in [0, 0.05) is 18.6 Å². The van der Waals surface area contributed by atoms with E-state index in [1.54, 1.807) is 18.6 Å². The average Bonchev–Trinajstić information content (AvgIpc) is 2.90. The number of rotatable bonds is 5. The smallest absolute Gasteiger partial charge is 0.259 e. The van der Waals surface area contributed by atoms with E-state index in [0.29, 0.717) is 29.1 Å². The summed E-state index contributed by atoms with van der Waals surface area (Å²) in [4.78, 5) is 8.60. The number of allylic oxidation sites excluding steroid dienone is 2. The molecule has 0 radical (unpaired) electrons. The highest BCUT2D eigenvalue weighted by Crippen LogP contribution is 2.49. The zero-order chi connectivity index (χ0) is 20.7. The van der Waals surface area contributed by atoms with Crippen molar-refractivity contribution in [2.75, 3.05) is 18.6 Å². The summed E-state index contributed by atoms with van der Waals surface area (Å²) in [5.74, 6) is 1.15. The Bertz CT molecular complexity index is 946. The highest BCUT2D eigenvalue weighted by atomic mass is 32.2. The molecule has 3 rings (SSSR count). The molecule has 0 saturated heterocycles. The first-order valence-electron chi connectivity index (χ1n) is 9.43. The summed E-state index contributed by atoms with van der Waals surface area (Å²) in [7, 11) is -1.31.